The van der Waals surface area contributed by atoms with Gasteiger partial charge in [0.05, 0.1) is 52.5 Å². The van der Waals surface area contributed by atoms with Crippen LogP contribution in [0.5, 0.6) is 0 Å². The van der Waals surface area contributed by atoms with E-state index in [2.05, 4.69) is 37.6 Å². The van der Waals surface area contributed by atoms with Crippen molar-refractivity contribution in [3.63, 3.8) is 0 Å². The number of hydrogen-bond acceptors (Lipinski definition) is 5. The summed E-state index contributed by atoms with van der Waals surface area (Å²) in [6, 6.07) is 16.1. The molecule has 2 aromatic carbocycles. The number of carbonyl (C=O) groups is 2. The summed E-state index contributed by atoms with van der Waals surface area (Å²) in [7, 11) is 3.58. The Hall–Kier alpha value is -4.73. The van der Waals surface area contributed by atoms with Gasteiger partial charge in [-0.05, 0) is 49.6 Å². The van der Waals surface area contributed by atoms with E-state index in [9.17, 15) is 9.59 Å². The summed E-state index contributed by atoms with van der Waals surface area (Å²) in [6.45, 7) is 0. The third-order valence-electron chi connectivity index (χ3n) is 8.04. The maximum atomic E-state index is 12.4. The zero-order valence-electron chi connectivity index (χ0n) is 21.7. The predicted molar refractivity (Wildman–Crippen MR) is 148 cm³/mol. The van der Waals surface area contributed by atoms with Crippen molar-refractivity contribution in [3.05, 3.63) is 66.6 Å². The summed E-state index contributed by atoms with van der Waals surface area (Å²) in [6.07, 6.45) is 6.15. The monoisotopic (exact) mass is 520 g/mol. The second kappa shape index (κ2) is 8.93. The van der Waals surface area contributed by atoms with E-state index in [1.807, 2.05) is 54.2 Å². The van der Waals surface area contributed by atoms with Gasteiger partial charge in [-0.15, -0.1) is 0 Å². The molecule has 0 radical (unpaired) electrons. The number of para-hydroxylation sites is 1. The molecule has 1 aliphatic heterocycles. The quantitative estimate of drug-likeness (QED) is 0.333. The Morgan fingerprint density at radius 3 is 2.69 bits per heavy atom. The van der Waals surface area contributed by atoms with Crippen molar-refractivity contribution < 1.29 is 9.59 Å². The van der Waals surface area contributed by atoms with Crippen LogP contribution >= 0.6 is 0 Å². The Morgan fingerprint density at radius 2 is 1.87 bits per heavy atom. The molecule has 10 heteroatoms. The summed E-state index contributed by atoms with van der Waals surface area (Å²) in [4.78, 5) is 38.9. The van der Waals surface area contributed by atoms with E-state index < -0.39 is 0 Å². The fourth-order valence-corrected chi connectivity index (χ4v) is 6.13. The van der Waals surface area contributed by atoms with Crippen LogP contribution in [-0.2, 0) is 7.05 Å². The van der Waals surface area contributed by atoms with Gasteiger partial charge in [-0.1, -0.05) is 18.2 Å². The molecular weight excluding hydrogens is 492 g/mol. The smallest absolute Gasteiger partial charge is 0.315 e. The second-order valence-corrected chi connectivity index (χ2v) is 10.3. The van der Waals surface area contributed by atoms with Crippen molar-refractivity contribution in [2.75, 3.05) is 7.05 Å². The van der Waals surface area contributed by atoms with E-state index in [4.69, 9.17) is 9.97 Å². The van der Waals surface area contributed by atoms with Crippen LogP contribution in [0.15, 0.2) is 61.1 Å². The number of aromatic nitrogens is 5. The van der Waals surface area contributed by atoms with Gasteiger partial charge in [0.15, 0.2) is 0 Å². The molecule has 1 saturated carbocycles. The number of urea groups is 1. The van der Waals surface area contributed by atoms with Crippen LogP contribution in [-0.4, -0.2) is 55.2 Å². The van der Waals surface area contributed by atoms with Gasteiger partial charge in [0.25, 0.3) is 5.91 Å². The SMILES string of the molecule is CNC(=O)c1ccc2c(c1)nc(-c1cc(-c3cncn3C)nc3ccccc13)n2C1CCC2NC(=O)NC2C1. The maximum absolute atomic E-state index is 12.4. The van der Waals surface area contributed by atoms with E-state index in [-0.39, 0.29) is 30.1 Å². The summed E-state index contributed by atoms with van der Waals surface area (Å²) < 4.78 is 4.26. The average molecular weight is 521 g/mol. The van der Waals surface area contributed by atoms with E-state index in [1.54, 1.807) is 13.4 Å². The molecule has 1 aliphatic carbocycles. The number of aryl methyl sites for hydroxylation is 1. The first kappa shape index (κ1) is 23.4. The zero-order valence-corrected chi connectivity index (χ0v) is 21.7. The highest BCUT2D eigenvalue weighted by atomic mass is 16.2. The molecule has 7 rings (SSSR count). The Bertz CT molecular complexity index is 1770. The fourth-order valence-electron chi connectivity index (χ4n) is 6.13. The average Bonchev–Trinajstić information content (AvgIpc) is 3.66. The third-order valence-corrected chi connectivity index (χ3v) is 8.04. The summed E-state index contributed by atoms with van der Waals surface area (Å²) in [5.41, 5.74) is 5.83. The molecule has 5 aromatic rings. The molecule has 39 heavy (non-hydrogen) atoms. The lowest BCUT2D eigenvalue weighted by Gasteiger charge is -2.32. The molecule has 0 spiro atoms. The van der Waals surface area contributed by atoms with Crippen LogP contribution in [0.2, 0.25) is 0 Å². The molecule has 0 bridgehead atoms. The van der Waals surface area contributed by atoms with Crippen LogP contribution in [0.4, 0.5) is 4.79 Å². The van der Waals surface area contributed by atoms with E-state index >= 15 is 0 Å². The predicted octanol–water partition coefficient (Wildman–Crippen LogP) is 3.79. The van der Waals surface area contributed by atoms with Gasteiger partial charge >= 0.3 is 6.03 Å². The number of imidazole rings is 2. The van der Waals surface area contributed by atoms with Crippen molar-refractivity contribution in [2.24, 2.45) is 7.05 Å². The van der Waals surface area contributed by atoms with Crippen molar-refractivity contribution >= 4 is 33.9 Å². The van der Waals surface area contributed by atoms with Gasteiger partial charge in [0, 0.05) is 36.7 Å². The highest BCUT2D eigenvalue weighted by molar-refractivity contribution is 6.00. The number of pyridine rings is 1. The number of nitrogens with zero attached hydrogens (tertiary/aromatic N) is 5. The lowest BCUT2D eigenvalue weighted by molar-refractivity contribution is 0.0963. The van der Waals surface area contributed by atoms with Gasteiger partial charge in [0.2, 0.25) is 0 Å². The van der Waals surface area contributed by atoms with Gasteiger partial charge in [-0.25, -0.2) is 19.7 Å². The number of rotatable bonds is 4. The minimum absolute atomic E-state index is 0.0610. The van der Waals surface area contributed by atoms with Gasteiger partial charge in [-0.2, -0.15) is 0 Å². The lowest BCUT2D eigenvalue weighted by atomic mass is 9.87. The molecule has 1 saturated heterocycles. The second-order valence-electron chi connectivity index (χ2n) is 10.3. The molecule has 3 N–H and O–H groups in total. The number of carbonyl (C=O) groups excluding carboxylic acids is 2. The Kier molecular flexibility index (Phi) is 5.36. The Balaban J connectivity index is 1.46. The molecule has 4 heterocycles. The summed E-state index contributed by atoms with van der Waals surface area (Å²) >= 11 is 0. The largest absolute Gasteiger partial charge is 0.355 e. The van der Waals surface area contributed by atoms with E-state index in [0.29, 0.717) is 5.56 Å². The topological polar surface area (TPSA) is 119 Å². The first-order valence-corrected chi connectivity index (χ1v) is 13.2. The van der Waals surface area contributed by atoms with Crippen molar-refractivity contribution in [1.29, 1.82) is 0 Å². The first-order valence-electron chi connectivity index (χ1n) is 13.2. The van der Waals surface area contributed by atoms with Crippen molar-refractivity contribution in [3.8, 4) is 22.8 Å². The fraction of sp³-hybridized carbons (Fsp3) is 0.276. The first-order chi connectivity index (χ1) is 19.0. The number of benzene rings is 2. The van der Waals surface area contributed by atoms with Gasteiger partial charge < -0.3 is 25.1 Å². The highest BCUT2D eigenvalue weighted by Gasteiger charge is 2.39. The van der Waals surface area contributed by atoms with E-state index in [0.717, 1.165) is 64.0 Å². The van der Waals surface area contributed by atoms with Crippen LogP contribution in [0, 0.1) is 0 Å². The minimum Gasteiger partial charge on any atom is -0.355 e. The van der Waals surface area contributed by atoms with Crippen molar-refractivity contribution in [1.82, 2.24) is 40.0 Å². The number of hydrogen-bond donors (Lipinski definition) is 3. The lowest BCUT2D eigenvalue weighted by Crippen LogP contribution is -2.40. The molecule has 3 unspecified atom stereocenters. The summed E-state index contributed by atoms with van der Waals surface area (Å²) in [5.74, 6) is 0.669. The van der Waals surface area contributed by atoms with Gasteiger partial charge in [0.1, 0.15) is 5.82 Å². The standard InChI is InChI=1S/C29H28N8O2/c1-30-28(38)16-7-10-25-23(11-16)33-27(37(25)17-8-9-21-22(12-17)35-29(39)34-21)19-13-24(26-14-31-15-36(26)2)32-20-6-4-3-5-18(19)20/h3-7,10-11,13-15,17,21-22H,8-9,12H2,1-2H3,(H,30,38)(H2,34,35,39). The molecule has 3 aromatic heterocycles. The Morgan fingerprint density at radius 1 is 1.03 bits per heavy atom. The normalized spacial score (nSPS) is 20.6. The van der Waals surface area contributed by atoms with Crippen LogP contribution < -0.4 is 16.0 Å². The molecular formula is C29H28N8O2. The highest BCUT2D eigenvalue weighted by Crippen LogP contribution is 2.40. The number of fused-ring (bicyclic) bond motifs is 3. The maximum Gasteiger partial charge on any atom is 0.315 e. The van der Waals surface area contributed by atoms with E-state index in [1.165, 1.54) is 0 Å². The summed E-state index contributed by atoms with van der Waals surface area (Å²) in [5, 5.41) is 9.85. The van der Waals surface area contributed by atoms with Crippen LogP contribution in [0.1, 0.15) is 35.7 Å². The third kappa shape index (κ3) is 3.82. The molecule has 196 valence electrons. The molecule has 3 amide bonds. The Labute approximate surface area is 224 Å². The van der Waals surface area contributed by atoms with Crippen molar-refractivity contribution in [2.45, 2.75) is 37.4 Å². The number of nitrogens with one attached hydrogen (secondary N) is 3. The number of amides is 3. The zero-order chi connectivity index (χ0) is 26.7. The molecule has 2 aliphatic rings. The van der Waals surface area contributed by atoms with Crippen LogP contribution in [0.3, 0.4) is 0 Å². The molecule has 10 nitrogen and oxygen atoms in total. The minimum atomic E-state index is -0.152. The van der Waals surface area contributed by atoms with Gasteiger partial charge in [-0.3, -0.25) is 4.79 Å². The molecule has 2 fully saturated rings. The molecule has 3 atom stereocenters. The van der Waals surface area contributed by atoms with Crippen LogP contribution in [0.25, 0.3) is 44.7 Å².